The van der Waals surface area contributed by atoms with Gasteiger partial charge in [-0.3, -0.25) is 24.6 Å². The maximum atomic E-state index is 13.0. The molecule has 5 amide bonds. The Balaban J connectivity index is 2.23. The minimum absolute atomic E-state index is 0.00814. The van der Waals surface area contributed by atoms with Gasteiger partial charge in [-0.25, -0.2) is 9.69 Å². The van der Waals surface area contributed by atoms with E-state index in [0.29, 0.717) is 11.3 Å². The number of nitrogen functional groups attached to an aromatic ring is 1. The van der Waals surface area contributed by atoms with Crippen LogP contribution in [0.15, 0.2) is 48.5 Å². The molecule has 0 saturated carbocycles. The molecule has 12 heteroatoms. The summed E-state index contributed by atoms with van der Waals surface area (Å²) >= 11 is 0. The predicted molar refractivity (Wildman–Crippen MR) is 119 cm³/mol. The fourth-order valence-electron chi connectivity index (χ4n) is 2.76. The first-order valence-corrected chi connectivity index (χ1v) is 9.49. The molecule has 172 valence electrons. The Labute approximate surface area is 188 Å². The topological polar surface area (TPSA) is 209 Å². The van der Waals surface area contributed by atoms with Gasteiger partial charge in [0.05, 0.1) is 23.7 Å². The summed E-state index contributed by atoms with van der Waals surface area (Å²) in [6.45, 7) is 0.955. The number of benzene rings is 2. The summed E-state index contributed by atoms with van der Waals surface area (Å²) < 4.78 is 0. The number of hydrogen-bond acceptors (Lipinski definition) is 7. The zero-order valence-corrected chi connectivity index (χ0v) is 17.5. The number of nitrogens with two attached hydrogens (primary N) is 2. The van der Waals surface area contributed by atoms with Gasteiger partial charge in [0.2, 0.25) is 5.91 Å². The maximum Gasteiger partial charge on any atom is 0.323 e. The smallest absolute Gasteiger partial charge is 0.323 e. The van der Waals surface area contributed by atoms with Crippen molar-refractivity contribution in [3.8, 4) is 0 Å². The SMILES string of the molecule is CC(=O)N(C(=O)c1ccccc1NC(=O)Nc1ccc(C(=N)N)cc1)C(=O)[C@@H](N)CC(=O)O. The molecule has 0 heterocycles. The van der Waals surface area contributed by atoms with Gasteiger partial charge >= 0.3 is 12.0 Å². The summed E-state index contributed by atoms with van der Waals surface area (Å²) in [4.78, 5) is 60.9. The van der Waals surface area contributed by atoms with E-state index in [2.05, 4.69) is 10.6 Å². The molecule has 33 heavy (non-hydrogen) atoms. The lowest BCUT2D eigenvalue weighted by Crippen LogP contribution is -2.49. The van der Waals surface area contributed by atoms with Gasteiger partial charge in [0, 0.05) is 18.2 Å². The minimum atomic E-state index is -1.61. The van der Waals surface area contributed by atoms with Crippen molar-refractivity contribution >= 4 is 46.9 Å². The number of carbonyl (C=O) groups excluding carboxylic acids is 4. The highest BCUT2D eigenvalue weighted by atomic mass is 16.4. The van der Waals surface area contributed by atoms with Crippen LogP contribution in [0.3, 0.4) is 0 Å². The van der Waals surface area contributed by atoms with Crippen molar-refractivity contribution in [3.63, 3.8) is 0 Å². The number of para-hydroxylation sites is 1. The van der Waals surface area contributed by atoms with Gasteiger partial charge < -0.3 is 27.2 Å². The van der Waals surface area contributed by atoms with Gasteiger partial charge in [-0.15, -0.1) is 0 Å². The van der Waals surface area contributed by atoms with Crippen LogP contribution in [0.2, 0.25) is 0 Å². The molecule has 2 aromatic carbocycles. The standard InChI is InChI=1S/C21H22N6O6/c1-11(28)27(20(32)15(22)10-17(29)30)19(31)14-4-2-3-5-16(14)26-21(33)25-13-8-6-12(7-9-13)18(23)24/h2-9,15H,10,22H2,1H3,(H3,23,24)(H,29,30)(H2,25,26,33)/t15-/m0/s1. The third-order valence-corrected chi connectivity index (χ3v) is 4.31. The predicted octanol–water partition coefficient (Wildman–Crippen LogP) is 0.932. The van der Waals surface area contributed by atoms with E-state index in [-0.39, 0.29) is 22.0 Å². The molecule has 8 N–H and O–H groups in total. The number of aliphatic carboxylic acids is 1. The van der Waals surface area contributed by atoms with Crippen molar-refractivity contribution in [2.75, 3.05) is 10.6 Å². The van der Waals surface area contributed by atoms with Crippen molar-refractivity contribution < 1.29 is 29.1 Å². The van der Waals surface area contributed by atoms with Gasteiger partial charge in [-0.1, -0.05) is 12.1 Å². The molecule has 0 saturated heterocycles. The Kier molecular flexibility index (Phi) is 7.96. The number of imide groups is 3. The monoisotopic (exact) mass is 454 g/mol. The number of nitrogens with zero attached hydrogens (tertiary/aromatic N) is 1. The first-order chi connectivity index (χ1) is 15.5. The Hall–Kier alpha value is -4.58. The lowest BCUT2D eigenvalue weighted by atomic mass is 10.1. The van der Waals surface area contributed by atoms with Gasteiger partial charge in [0.1, 0.15) is 5.84 Å². The molecule has 0 unspecified atom stereocenters. The van der Waals surface area contributed by atoms with Crippen LogP contribution in [-0.2, 0) is 14.4 Å². The number of anilines is 2. The molecular formula is C21H22N6O6. The number of carboxylic acid groups (broad SMARTS) is 1. The summed E-state index contributed by atoms with van der Waals surface area (Å²) in [7, 11) is 0. The van der Waals surface area contributed by atoms with E-state index < -0.39 is 42.2 Å². The zero-order valence-electron chi connectivity index (χ0n) is 17.5. The summed E-state index contributed by atoms with van der Waals surface area (Å²) in [5.41, 5.74) is 11.6. The normalized spacial score (nSPS) is 11.1. The lowest BCUT2D eigenvalue weighted by Gasteiger charge is -2.21. The molecular weight excluding hydrogens is 432 g/mol. The summed E-state index contributed by atoms with van der Waals surface area (Å²) in [5, 5.41) is 21.2. The van der Waals surface area contributed by atoms with Crippen molar-refractivity contribution in [3.05, 3.63) is 59.7 Å². The average Bonchev–Trinajstić information content (AvgIpc) is 2.73. The van der Waals surface area contributed by atoms with E-state index in [1.54, 1.807) is 0 Å². The van der Waals surface area contributed by atoms with Crippen LogP contribution < -0.4 is 22.1 Å². The molecule has 0 aliphatic rings. The lowest BCUT2D eigenvalue weighted by molar-refractivity contribution is -0.145. The van der Waals surface area contributed by atoms with Crippen molar-refractivity contribution in [1.29, 1.82) is 5.41 Å². The van der Waals surface area contributed by atoms with Crippen LogP contribution in [0.5, 0.6) is 0 Å². The van der Waals surface area contributed by atoms with Crippen LogP contribution >= 0.6 is 0 Å². The fraction of sp³-hybridized carbons (Fsp3) is 0.143. The van der Waals surface area contributed by atoms with E-state index in [1.807, 2.05) is 0 Å². The molecule has 2 aromatic rings. The first kappa shape index (κ1) is 24.7. The number of carboxylic acids is 1. The first-order valence-electron chi connectivity index (χ1n) is 9.49. The molecule has 0 radical (unpaired) electrons. The van der Waals surface area contributed by atoms with E-state index in [4.69, 9.17) is 22.0 Å². The fourth-order valence-corrected chi connectivity index (χ4v) is 2.76. The molecule has 0 aliphatic heterocycles. The second kappa shape index (κ2) is 10.6. The molecule has 0 bridgehead atoms. The number of amides is 5. The van der Waals surface area contributed by atoms with Crippen LogP contribution in [0, 0.1) is 5.41 Å². The number of nitrogens with one attached hydrogen (secondary N) is 3. The molecule has 2 rings (SSSR count). The molecule has 0 spiro atoms. The van der Waals surface area contributed by atoms with Gasteiger partial charge in [0.25, 0.3) is 11.8 Å². The number of hydrogen-bond donors (Lipinski definition) is 6. The van der Waals surface area contributed by atoms with E-state index in [9.17, 15) is 24.0 Å². The highest BCUT2D eigenvalue weighted by molar-refractivity contribution is 6.19. The van der Waals surface area contributed by atoms with Crippen molar-refractivity contribution in [1.82, 2.24) is 4.90 Å². The third kappa shape index (κ3) is 6.45. The van der Waals surface area contributed by atoms with Crippen LogP contribution in [0.4, 0.5) is 16.2 Å². The highest BCUT2D eigenvalue weighted by Gasteiger charge is 2.33. The molecule has 0 aliphatic carbocycles. The second-order valence-corrected chi connectivity index (χ2v) is 6.82. The maximum absolute atomic E-state index is 13.0. The minimum Gasteiger partial charge on any atom is -0.481 e. The van der Waals surface area contributed by atoms with E-state index in [0.717, 1.165) is 6.92 Å². The summed E-state index contributed by atoms with van der Waals surface area (Å²) in [5.74, 6) is -4.72. The number of carbonyl (C=O) groups is 5. The molecule has 12 nitrogen and oxygen atoms in total. The van der Waals surface area contributed by atoms with Gasteiger partial charge in [-0.2, -0.15) is 0 Å². The molecule has 0 fully saturated rings. The van der Waals surface area contributed by atoms with Gasteiger partial charge in [-0.05, 0) is 36.4 Å². The summed E-state index contributed by atoms with van der Waals surface area (Å²) in [6.07, 6.45) is -0.777. The molecule has 0 aromatic heterocycles. The summed E-state index contributed by atoms with van der Waals surface area (Å²) in [6, 6.07) is 9.41. The number of amidine groups is 1. The Morgan fingerprint density at radius 1 is 1.03 bits per heavy atom. The highest BCUT2D eigenvalue weighted by Crippen LogP contribution is 2.19. The molecule has 1 atom stereocenters. The quantitative estimate of drug-likeness (QED) is 0.261. The van der Waals surface area contributed by atoms with E-state index in [1.165, 1.54) is 48.5 Å². The largest absolute Gasteiger partial charge is 0.481 e. The second-order valence-electron chi connectivity index (χ2n) is 6.82. The van der Waals surface area contributed by atoms with Crippen molar-refractivity contribution in [2.45, 2.75) is 19.4 Å². The van der Waals surface area contributed by atoms with Crippen molar-refractivity contribution in [2.24, 2.45) is 11.5 Å². The number of rotatable bonds is 7. The Morgan fingerprint density at radius 3 is 2.18 bits per heavy atom. The van der Waals surface area contributed by atoms with Crippen LogP contribution in [0.25, 0.3) is 0 Å². The average molecular weight is 454 g/mol. The van der Waals surface area contributed by atoms with Crippen LogP contribution in [0.1, 0.15) is 29.3 Å². The Bertz CT molecular complexity index is 1110. The van der Waals surface area contributed by atoms with Gasteiger partial charge in [0.15, 0.2) is 0 Å². The van der Waals surface area contributed by atoms with E-state index >= 15 is 0 Å². The third-order valence-electron chi connectivity index (χ3n) is 4.31. The number of urea groups is 1. The zero-order chi connectivity index (χ0) is 24.7. The Morgan fingerprint density at radius 2 is 1.64 bits per heavy atom. The van der Waals surface area contributed by atoms with Crippen LogP contribution in [-0.4, -0.2) is 51.6 Å².